The highest BCUT2D eigenvalue weighted by molar-refractivity contribution is 5.78. The molecule has 0 aromatic heterocycles. The molecule has 1 saturated heterocycles. The van der Waals surface area contributed by atoms with Crippen LogP contribution in [0.15, 0.2) is 0 Å². The summed E-state index contributed by atoms with van der Waals surface area (Å²) in [7, 11) is 0. The first-order valence-electron chi connectivity index (χ1n) is 8.17. The number of hydrogen-bond acceptors (Lipinski definition) is 2. The molecule has 0 bridgehead atoms. The molecule has 2 aliphatic rings. The molecular formula is C16H27NO3. The van der Waals surface area contributed by atoms with E-state index in [2.05, 4.69) is 0 Å². The Kier molecular flexibility index (Phi) is 5.86. The van der Waals surface area contributed by atoms with Crippen LogP contribution >= 0.6 is 0 Å². The van der Waals surface area contributed by atoms with Crippen molar-refractivity contribution in [3.8, 4) is 0 Å². The predicted octanol–water partition coefficient (Wildman–Crippen LogP) is 3.06. The Balaban J connectivity index is 1.67. The third-order valence-electron chi connectivity index (χ3n) is 4.85. The van der Waals surface area contributed by atoms with Crippen LogP contribution in [0.2, 0.25) is 0 Å². The topological polar surface area (TPSA) is 57.6 Å². The van der Waals surface area contributed by atoms with Crippen molar-refractivity contribution < 1.29 is 14.7 Å². The highest BCUT2D eigenvalue weighted by Gasteiger charge is 2.27. The van der Waals surface area contributed by atoms with Crippen LogP contribution in [-0.2, 0) is 9.59 Å². The Morgan fingerprint density at radius 3 is 2.50 bits per heavy atom. The van der Waals surface area contributed by atoms with Crippen molar-refractivity contribution >= 4 is 11.9 Å². The van der Waals surface area contributed by atoms with Gasteiger partial charge >= 0.3 is 5.97 Å². The van der Waals surface area contributed by atoms with E-state index in [9.17, 15) is 9.59 Å². The molecule has 4 heteroatoms. The van der Waals surface area contributed by atoms with Crippen molar-refractivity contribution in [2.24, 2.45) is 11.8 Å². The van der Waals surface area contributed by atoms with E-state index in [1.165, 1.54) is 38.5 Å². The number of carbonyl (C=O) groups excluding carboxylic acids is 1. The fraction of sp³-hybridized carbons (Fsp3) is 0.875. The lowest BCUT2D eigenvalue weighted by Gasteiger charge is -2.31. The largest absolute Gasteiger partial charge is 0.481 e. The minimum atomic E-state index is -0.760. The number of carboxylic acid groups (broad SMARTS) is 1. The molecule has 1 unspecified atom stereocenters. The van der Waals surface area contributed by atoms with Gasteiger partial charge in [-0.3, -0.25) is 9.59 Å². The Hall–Kier alpha value is -1.06. The Morgan fingerprint density at radius 1 is 1.05 bits per heavy atom. The van der Waals surface area contributed by atoms with E-state index in [1.54, 1.807) is 4.90 Å². The van der Waals surface area contributed by atoms with Crippen LogP contribution in [0.1, 0.15) is 64.2 Å². The SMILES string of the molecule is O=C(O)C1CCCN(C(=O)CCCC2CCCCC2)C1. The maximum atomic E-state index is 12.1. The fourth-order valence-electron chi connectivity index (χ4n) is 3.58. The first-order valence-corrected chi connectivity index (χ1v) is 8.17. The number of carbonyl (C=O) groups is 2. The molecule has 0 aromatic carbocycles. The molecular weight excluding hydrogens is 254 g/mol. The van der Waals surface area contributed by atoms with Crippen molar-refractivity contribution in [1.29, 1.82) is 0 Å². The molecule has 2 fully saturated rings. The Morgan fingerprint density at radius 2 is 1.80 bits per heavy atom. The van der Waals surface area contributed by atoms with Crippen molar-refractivity contribution in [2.75, 3.05) is 13.1 Å². The maximum absolute atomic E-state index is 12.1. The lowest BCUT2D eigenvalue weighted by molar-refractivity contribution is -0.145. The van der Waals surface area contributed by atoms with Crippen LogP contribution in [0.25, 0.3) is 0 Å². The van der Waals surface area contributed by atoms with Gasteiger partial charge in [-0.1, -0.05) is 32.1 Å². The number of piperidine rings is 1. The maximum Gasteiger partial charge on any atom is 0.308 e. The monoisotopic (exact) mass is 281 g/mol. The third kappa shape index (κ3) is 4.50. The van der Waals surface area contributed by atoms with E-state index >= 15 is 0 Å². The van der Waals surface area contributed by atoms with Gasteiger partial charge < -0.3 is 10.0 Å². The summed E-state index contributed by atoms with van der Waals surface area (Å²) in [4.78, 5) is 24.9. The molecule has 1 aliphatic heterocycles. The summed E-state index contributed by atoms with van der Waals surface area (Å²) < 4.78 is 0. The summed E-state index contributed by atoms with van der Waals surface area (Å²) >= 11 is 0. The second kappa shape index (κ2) is 7.65. The van der Waals surface area contributed by atoms with Crippen molar-refractivity contribution in [2.45, 2.75) is 64.2 Å². The standard InChI is InChI=1S/C16H27NO3/c18-15(10-4-8-13-6-2-1-3-7-13)17-11-5-9-14(12-17)16(19)20/h13-14H,1-12H2,(H,19,20). The smallest absolute Gasteiger partial charge is 0.308 e. The average molecular weight is 281 g/mol. The number of nitrogens with zero attached hydrogens (tertiary/aromatic N) is 1. The van der Waals surface area contributed by atoms with Gasteiger partial charge in [0.15, 0.2) is 0 Å². The Labute approximate surface area is 121 Å². The van der Waals surface area contributed by atoms with E-state index in [-0.39, 0.29) is 11.8 Å². The number of amides is 1. The minimum absolute atomic E-state index is 0.159. The van der Waals surface area contributed by atoms with Gasteiger partial charge in [-0.2, -0.15) is 0 Å². The molecule has 1 saturated carbocycles. The second-order valence-corrected chi connectivity index (χ2v) is 6.41. The number of rotatable bonds is 5. The number of likely N-dealkylation sites (tertiary alicyclic amines) is 1. The van der Waals surface area contributed by atoms with Crippen molar-refractivity contribution in [3.05, 3.63) is 0 Å². The van der Waals surface area contributed by atoms with Crippen LogP contribution < -0.4 is 0 Å². The summed E-state index contributed by atoms with van der Waals surface area (Å²) in [6.07, 6.45) is 11.0. The fourth-order valence-corrected chi connectivity index (χ4v) is 3.58. The zero-order valence-electron chi connectivity index (χ0n) is 12.4. The zero-order chi connectivity index (χ0) is 14.4. The molecule has 114 valence electrons. The molecule has 1 aliphatic carbocycles. The van der Waals surface area contributed by atoms with Crippen LogP contribution in [0.4, 0.5) is 0 Å². The lowest BCUT2D eigenvalue weighted by Crippen LogP contribution is -2.42. The van der Waals surface area contributed by atoms with E-state index < -0.39 is 5.97 Å². The molecule has 4 nitrogen and oxygen atoms in total. The average Bonchev–Trinajstić information content (AvgIpc) is 2.48. The van der Waals surface area contributed by atoms with E-state index in [1.807, 2.05) is 0 Å². The summed E-state index contributed by atoms with van der Waals surface area (Å²) in [5.41, 5.74) is 0. The molecule has 0 spiro atoms. The molecule has 0 aromatic rings. The Bertz CT molecular complexity index is 337. The molecule has 1 heterocycles. The molecule has 1 N–H and O–H groups in total. The van der Waals surface area contributed by atoms with Crippen molar-refractivity contribution in [1.82, 2.24) is 4.90 Å². The molecule has 0 radical (unpaired) electrons. The minimum Gasteiger partial charge on any atom is -0.481 e. The number of hydrogen-bond donors (Lipinski definition) is 1. The van der Waals surface area contributed by atoms with E-state index in [0.717, 1.165) is 25.3 Å². The van der Waals surface area contributed by atoms with Crippen LogP contribution in [0, 0.1) is 11.8 Å². The second-order valence-electron chi connectivity index (χ2n) is 6.41. The van der Waals surface area contributed by atoms with Gasteiger partial charge in [0, 0.05) is 19.5 Å². The summed E-state index contributed by atoms with van der Waals surface area (Å²) in [5.74, 6) is -0.132. The highest BCUT2D eigenvalue weighted by Crippen LogP contribution is 2.28. The predicted molar refractivity (Wildman–Crippen MR) is 77.4 cm³/mol. The number of carboxylic acids is 1. The van der Waals surface area contributed by atoms with E-state index in [4.69, 9.17) is 5.11 Å². The molecule has 20 heavy (non-hydrogen) atoms. The van der Waals surface area contributed by atoms with Crippen molar-refractivity contribution in [3.63, 3.8) is 0 Å². The first-order chi connectivity index (χ1) is 9.66. The van der Waals surface area contributed by atoms with Crippen LogP contribution in [-0.4, -0.2) is 35.0 Å². The van der Waals surface area contributed by atoms with Gasteiger partial charge in [-0.25, -0.2) is 0 Å². The van der Waals surface area contributed by atoms with Gasteiger partial charge in [0.2, 0.25) is 5.91 Å². The zero-order valence-corrected chi connectivity index (χ0v) is 12.4. The molecule has 1 atom stereocenters. The van der Waals surface area contributed by atoms with Crippen LogP contribution in [0.5, 0.6) is 0 Å². The summed E-state index contributed by atoms with van der Waals surface area (Å²) in [6, 6.07) is 0. The van der Waals surface area contributed by atoms with Crippen LogP contribution in [0.3, 0.4) is 0 Å². The first kappa shape index (κ1) is 15.3. The van der Waals surface area contributed by atoms with Gasteiger partial charge in [0.1, 0.15) is 0 Å². The highest BCUT2D eigenvalue weighted by atomic mass is 16.4. The quantitative estimate of drug-likeness (QED) is 0.842. The lowest BCUT2D eigenvalue weighted by atomic mass is 9.86. The summed E-state index contributed by atoms with van der Waals surface area (Å²) in [5, 5.41) is 9.05. The summed E-state index contributed by atoms with van der Waals surface area (Å²) in [6.45, 7) is 1.16. The normalized spacial score (nSPS) is 24.6. The van der Waals surface area contributed by atoms with E-state index in [0.29, 0.717) is 19.4 Å². The van der Waals surface area contributed by atoms with Gasteiger partial charge in [-0.15, -0.1) is 0 Å². The third-order valence-corrected chi connectivity index (χ3v) is 4.85. The molecule has 2 rings (SSSR count). The molecule has 1 amide bonds. The van der Waals surface area contributed by atoms with Gasteiger partial charge in [0.25, 0.3) is 0 Å². The van der Waals surface area contributed by atoms with Gasteiger partial charge in [0.05, 0.1) is 5.92 Å². The number of aliphatic carboxylic acids is 1. The van der Waals surface area contributed by atoms with Gasteiger partial charge in [-0.05, 0) is 31.6 Å².